The average Bonchev–Trinajstić information content (AvgIpc) is 3.28. The molecule has 4 rings (SSSR count). The highest BCUT2D eigenvalue weighted by Crippen LogP contribution is 2.31. The molecule has 0 unspecified atom stereocenters. The van der Waals surface area contributed by atoms with Gasteiger partial charge in [-0.25, -0.2) is 4.79 Å². The van der Waals surface area contributed by atoms with Crippen molar-refractivity contribution in [3.63, 3.8) is 0 Å². The summed E-state index contributed by atoms with van der Waals surface area (Å²) < 4.78 is 11.0. The highest BCUT2D eigenvalue weighted by molar-refractivity contribution is 7.18. The standard InChI is InChI=1S/C27H43N5O4S/c1-18(28)22-17-23(37-25(22)30-20-9-15-35-16-10-20)24(33)29-19-5-7-21(8-6-19)31-11-13-32(14-12-31)26(34)36-27(2,3)4/h17,19-21,28,30H,5-16H2,1-4H3,(H,29,33). The summed E-state index contributed by atoms with van der Waals surface area (Å²) in [4.78, 5) is 30.4. The van der Waals surface area contributed by atoms with Crippen LogP contribution in [0.1, 0.15) is 81.5 Å². The van der Waals surface area contributed by atoms with Gasteiger partial charge in [-0.1, -0.05) is 0 Å². The van der Waals surface area contributed by atoms with Gasteiger partial charge in [0.05, 0.1) is 9.88 Å². The van der Waals surface area contributed by atoms with Crippen LogP contribution >= 0.6 is 11.3 Å². The molecule has 0 aromatic carbocycles. The zero-order valence-corrected chi connectivity index (χ0v) is 23.5. The van der Waals surface area contributed by atoms with Gasteiger partial charge in [0.15, 0.2) is 0 Å². The van der Waals surface area contributed by atoms with E-state index >= 15 is 0 Å². The van der Waals surface area contributed by atoms with Gasteiger partial charge in [-0.05, 0) is 72.3 Å². The van der Waals surface area contributed by atoms with Gasteiger partial charge in [-0.2, -0.15) is 0 Å². The molecule has 1 aromatic rings. The van der Waals surface area contributed by atoms with Crippen LogP contribution in [-0.2, 0) is 9.47 Å². The zero-order valence-electron chi connectivity index (χ0n) is 22.7. The third-order valence-corrected chi connectivity index (χ3v) is 8.50. The van der Waals surface area contributed by atoms with Gasteiger partial charge in [0.25, 0.3) is 5.91 Å². The first-order valence-corrected chi connectivity index (χ1v) is 14.5. The van der Waals surface area contributed by atoms with Crippen LogP contribution in [0.3, 0.4) is 0 Å². The van der Waals surface area contributed by atoms with Crippen LogP contribution in [0.4, 0.5) is 9.80 Å². The van der Waals surface area contributed by atoms with E-state index in [1.54, 1.807) is 6.92 Å². The van der Waals surface area contributed by atoms with Crippen LogP contribution in [0.5, 0.6) is 0 Å². The van der Waals surface area contributed by atoms with E-state index in [4.69, 9.17) is 14.9 Å². The molecule has 0 spiro atoms. The second-order valence-electron chi connectivity index (χ2n) is 11.5. The van der Waals surface area contributed by atoms with Crippen LogP contribution in [0.15, 0.2) is 6.07 Å². The Hall–Kier alpha value is -2.17. The molecule has 2 amide bonds. The summed E-state index contributed by atoms with van der Waals surface area (Å²) in [5, 5.41) is 15.9. The summed E-state index contributed by atoms with van der Waals surface area (Å²) in [6.07, 6.45) is 5.66. The van der Waals surface area contributed by atoms with E-state index in [0.29, 0.717) is 35.8 Å². The lowest BCUT2D eigenvalue weighted by Crippen LogP contribution is -2.54. The normalized spacial score (nSPS) is 23.9. The monoisotopic (exact) mass is 533 g/mol. The number of thiophene rings is 1. The molecule has 0 radical (unpaired) electrons. The molecular formula is C27H43N5O4S. The molecule has 3 fully saturated rings. The number of piperazine rings is 1. The highest BCUT2D eigenvalue weighted by atomic mass is 32.1. The fourth-order valence-corrected chi connectivity index (χ4v) is 6.45. The Kier molecular flexibility index (Phi) is 9.13. The molecule has 1 aromatic heterocycles. The van der Waals surface area contributed by atoms with E-state index in [9.17, 15) is 9.59 Å². The Morgan fingerprint density at radius 1 is 1.03 bits per heavy atom. The number of nitrogens with one attached hydrogen (secondary N) is 3. The van der Waals surface area contributed by atoms with Gasteiger partial charge in [0.1, 0.15) is 5.60 Å². The first-order chi connectivity index (χ1) is 17.6. The number of hydrogen-bond acceptors (Lipinski definition) is 8. The third-order valence-electron chi connectivity index (χ3n) is 7.43. The molecular weight excluding hydrogens is 490 g/mol. The summed E-state index contributed by atoms with van der Waals surface area (Å²) in [6.45, 7) is 12.1. The van der Waals surface area contributed by atoms with E-state index in [-0.39, 0.29) is 18.0 Å². The van der Waals surface area contributed by atoms with Crippen molar-refractivity contribution in [3.8, 4) is 0 Å². The zero-order chi connectivity index (χ0) is 26.6. The second-order valence-corrected chi connectivity index (χ2v) is 12.5. The van der Waals surface area contributed by atoms with Crippen molar-refractivity contribution < 1.29 is 19.1 Å². The molecule has 1 aliphatic carbocycles. The maximum Gasteiger partial charge on any atom is 0.410 e. The topological polar surface area (TPSA) is 107 Å². The number of hydrogen-bond donors (Lipinski definition) is 3. The summed E-state index contributed by atoms with van der Waals surface area (Å²) >= 11 is 1.45. The van der Waals surface area contributed by atoms with Crippen LogP contribution in [-0.4, -0.2) is 90.6 Å². The molecule has 37 heavy (non-hydrogen) atoms. The minimum Gasteiger partial charge on any atom is -0.444 e. The number of nitrogens with zero attached hydrogens (tertiary/aromatic N) is 2. The molecule has 0 atom stereocenters. The van der Waals surface area contributed by atoms with Gasteiger partial charge in [0.2, 0.25) is 0 Å². The van der Waals surface area contributed by atoms with Gasteiger partial charge >= 0.3 is 6.09 Å². The van der Waals surface area contributed by atoms with E-state index in [2.05, 4.69) is 15.5 Å². The smallest absolute Gasteiger partial charge is 0.410 e. The Balaban J connectivity index is 1.24. The van der Waals surface area contributed by atoms with Crippen LogP contribution in [0.25, 0.3) is 0 Å². The van der Waals surface area contributed by atoms with E-state index < -0.39 is 5.60 Å². The van der Waals surface area contributed by atoms with Gasteiger partial charge in [-0.15, -0.1) is 11.3 Å². The maximum atomic E-state index is 13.1. The highest BCUT2D eigenvalue weighted by Gasteiger charge is 2.32. The van der Waals surface area contributed by atoms with E-state index in [1.165, 1.54) is 11.3 Å². The third kappa shape index (κ3) is 7.67. The lowest BCUT2D eigenvalue weighted by molar-refractivity contribution is 0.00775. The summed E-state index contributed by atoms with van der Waals surface area (Å²) in [5.74, 6) is -0.0399. The minimum absolute atomic E-state index is 0.0399. The summed E-state index contributed by atoms with van der Waals surface area (Å²) in [6, 6.07) is 2.85. The van der Waals surface area contributed by atoms with E-state index in [1.807, 2.05) is 31.7 Å². The van der Waals surface area contributed by atoms with Crippen molar-refractivity contribution in [1.29, 1.82) is 5.41 Å². The molecule has 0 bridgehead atoms. The largest absolute Gasteiger partial charge is 0.444 e. The molecule has 1 saturated carbocycles. The van der Waals surface area contributed by atoms with Crippen molar-refractivity contribution in [2.45, 2.75) is 89.9 Å². The maximum absolute atomic E-state index is 13.1. The van der Waals surface area contributed by atoms with Gasteiger partial charge < -0.3 is 30.4 Å². The van der Waals surface area contributed by atoms with E-state index in [0.717, 1.165) is 75.4 Å². The van der Waals surface area contributed by atoms with Crippen molar-refractivity contribution in [1.82, 2.24) is 15.1 Å². The van der Waals surface area contributed by atoms with Crippen molar-refractivity contribution in [3.05, 3.63) is 16.5 Å². The minimum atomic E-state index is -0.469. The molecule has 9 nitrogen and oxygen atoms in total. The predicted molar refractivity (Wildman–Crippen MR) is 147 cm³/mol. The van der Waals surface area contributed by atoms with Crippen molar-refractivity contribution in [2.24, 2.45) is 0 Å². The Labute approximate surface area is 224 Å². The molecule has 2 saturated heterocycles. The number of carbonyl (C=O) groups is 2. The van der Waals surface area contributed by atoms with Crippen LogP contribution in [0, 0.1) is 5.41 Å². The van der Waals surface area contributed by atoms with Gasteiger partial charge in [0, 0.05) is 68.8 Å². The lowest BCUT2D eigenvalue weighted by atomic mass is 9.89. The quantitative estimate of drug-likeness (QED) is 0.470. The molecule has 10 heteroatoms. The lowest BCUT2D eigenvalue weighted by Gasteiger charge is -2.42. The number of anilines is 1. The first-order valence-electron chi connectivity index (χ1n) is 13.7. The van der Waals surface area contributed by atoms with Crippen LogP contribution < -0.4 is 10.6 Å². The second kappa shape index (κ2) is 12.1. The fraction of sp³-hybridized carbons (Fsp3) is 0.741. The SMILES string of the molecule is CC(=N)c1cc(C(=O)NC2CCC(N3CCN(C(=O)OC(C)(C)C)CC3)CC2)sc1NC1CCOCC1. The molecule has 3 heterocycles. The Bertz CT molecular complexity index is 952. The number of amides is 2. The number of rotatable bonds is 6. The Morgan fingerprint density at radius 3 is 2.27 bits per heavy atom. The predicted octanol–water partition coefficient (Wildman–Crippen LogP) is 4.32. The molecule has 2 aliphatic heterocycles. The summed E-state index contributed by atoms with van der Waals surface area (Å²) in [7, 11) is 0. The average molecular weight is 534 g/mol. The fourth-order valence-electron chi connectivity index (χ4n) is 5.35. The van der Waals surface area contributed by atoms with Crippen molar-refractivity contribution >= 4 is 34.0 Å². The van der Waals surface area contributed by atoms with Crippen molar-refractivity contribution in [2.75, 3.05) is 44.7 Å². The van der Waals surface area contributed by atoms with Gasteiger partial charge in [-0.3, -0.25) is 9.69 Å². The number of carbonyl (C=O) groups excluding carboxylic acids is 2. The molecule has 3 aliphatic rings. The first kappa shape index (κ1) is 27.9. The molecule has 206 valence electrons. The molecule has 3 N–H and O–H groups in total. The Morgan fingerprint density at radius 2 is 1.68 bits per heavy atom. The number of ether oxygens (including phenoxy) is 2. The van der Waals surface area contributed by atoms with Crippen LogP contribution in [0.2, 0.25) is 0 Å². The summed E-state index contributed by atoms with van der Waals surface area (Å²) in [5.41, 5.74) is 0.816.